The maximum Gasteiger partial charge on any atom is 0.317 e. The van der Waals surface area contributed by atoms with Crippen molar-refractivity contribution >= 4 is 11.7 Å². The summed E-state index contributed by atoms with van der Waals surface area (Å²) in [4.78, 5) is 18.9. The molecule has 1 N–H and O–H groups in total. The number of nitrogens with zero attached hydrogens (tertiary/aromatic N) is 3. The molecule has 6 heteroatoms. The number of likely N-dealkylation sites (tertiary alicyclic amines) is 1. The summed E-state index contributed by atoms with van der Waals surface area (Å²) in [6.45, 7) is 6.59. The standard InChI is InChI=1S/C25H31FN4O/c26-22-5-2-19(3-6-22)7-12-28-13-9-23(10-14-28)30-15-8-21-4-1-20(17-24(21)30)18-29-16-11-27-25(29)31/h1-6,17,23H,7-16,18H2,(H,27,31). The fourth-order valence-corrected chi connectivity index (χ4v) is 5.20. The minimum Gasteiger partial charge on any atom is -0.368 e. The van der Waals surface area contributed by atoms with Crippen LogP contribution < -0.4 is 10.2 Å². The lowest BCUT2D eigenvalue weighted by molar-refractivity contribution is 0.212. The van der Waals surface area contributed by atoms with Gasteiger partial charge in [-0.25, -0.2) is 9.18 Å². The Morgan fingerprint density at radius 1 is 0.968 bits per heavy atom. The number of hydrogen-bond acceptors (Lipinski definition) is 3. The van der Waals surface area contributed by atoms with Gasteiger partial charge in [0.15, 0.2) is 0 Å². The van der Waals surface area contributed by atoms with E-state index in [-0.39, 0.29) is 11.8 Å². The smallest absolute Gasteiger partial charge is 0.317 e. The van der Waals surface area contributed by atoms with Crippen molar-refractivity contribution in [3.05, 3.63) is 65.0 Å². The fraction of sp³-hybridized carbons (Fsp3) is 0.480. The molecule has 0 bridgehead atoms. The van der Waals surface area contributed by atoms with E-state index in [9.17, 15) is 9.18 Å². The molecule has 2 aromatic carbocycles. The van der Waals surface area contributed by atoms with E-state index in [2.05, 4.69) is 33.3 Å². The summed E-state index contributed by atoms with van der Waals surface area (Å²) < 4.78 is 13.1. The molecule has 5 nitrogen and oxygen atoms in total. The molecular weight excluding hydrogens is 391 g/mol. The monoisotopic (exact) mass is 422 g/mol. The van der Waals surface area contributed by atoms with Crippen molar-refractivity contribution in [2.45, 2.75) is 38.3 Å². The number of carbonyl (C=O) groups excluding carboxylic acids is 1. The Morgan fingerprint density at radius 3 is 2.48 bits per heavy atom. The minimum atomic E-state index is -0.165. The first-order valence-electron chi connectivity index (χ1n) is 11.5. The topological polar surface area (TPSA) is 38.8 Å². The average Bonchev–Trinajstić information content (AvgIpc) is 3.40. The van der Waals surface area contributed by atoms with Crippen molar-refractivity contribution in [3.8, 4) is 0 Å². The molecule has 0 aliphatic carbocycles. The number of fused-ring (bicyclic) bond motifs is 1. The number of piperidine rings is 1. The van der Waals surface area contributed by atoms with Gasteiger partial charge in [-0.1, -0.05) is 24.3 Å². The van der Waals surface area contributed by atoms with Crippen LogP contribution in [0.2, 0.25) is 0 Å². The lowest BCUT2D eigenvalue weighted by Crippen LogP contribution is -2.45. The Morgan fingerprint density at radius 2 is 1.74 bits per heavy atom. The number of benzene rings is 2. The summed E-state index contributed by atoms with van der Waals surface area (Å²) in [6.07, 6.45) is 4.46. The highest BCUT2D eigenvalue weighted by Gasteiger charge is 2.29. The molecule has 5 rings (SSSR count). The van der Waals surface area contributed by atoms with Gasteiger partial charge in [0.2, 0.25) is 0 Å². The molecule has 0 saturated carbocycles. The normalized spacial score (nSPS) is 19.7. The number of rotatable bonds is 6. The molecule has 0 spiro atoms. The first kappa shape index (κ1) is 20.3. The van der Waals surface area contributed by atoms with Gasteiger partial charge in [-0.2, -0.15) is 0 Å². The zero-order valence-electron chi connectivity index (χ0n) is 18.0. The molecule has 164 valence electrons. The molecular formula is C25H31FN4O. The van der Waals surface area contributed by atoms with Crippen molar-refractivity contribution < 1.29 is 9.18 Å². The molecule has 2 aromatic rings. The Labute approximate surface area is 183 Å². The molecule has 0 atom stereocenters. The van der Waals surface area contributed by atoms with Crippen molar-refractivity contribution in [1.29, 1.82) is 0 Å². The van der Waals surface area contributed by atoms with Crippen LogP contribution in [0, 0.1) is 5.82 Å². The molecule has 0 unspecified atom stereocenters. The highest BCUT2D eigenvalue weighted by Crippen LogP contribution is 2.34. The van der Waals surface area contributed by atoms with E-state index >= 15 is 0 Å². The van der Waals surface area contributed by atoms with Crippen LogP contribution in [-0.2, 0) is 19.4 Å². The Balaban J connectivity index is 1.17. The maximum absolute atomic E-state index is 13.1. The van der Waals surface area contributed by atoms with E-state index in [0.29, 0.717) is 12.6 Å². The van der Waals surface area contributed by atoms with Crippen molar-refractivity contribution in [1.82, 2.24) is 15.1 Å². The molecule has 2 saturated heterocycles. The number of halogens is 1. The number of carbonyl (C=O) groups is 1. The van der Waals surface area contributed by atoms with Crippen LogP contribution >= 0.6 is 0 Å². The van der Waals surface area contributed by atoms with E-state index in [1.807, 2.05) is 17.0 Å². The van der Waals surface area contributed by atoms with E-state index in [0.717, 1.165) is 52.1 Å². The summed E-state index contributed by atoms with van der Waals surface area (Å²) in [5.41, 5.74) is 5.24. The van der Waals surface area contributed by atoms with Gasteiger partial charge < -0.3 is 20.0 Å². The predicted octanol–water partition coefficient (Wildman–Crippen LogP) is 3.42. The van der Waals surface area contributed by atoms with E-state index < -0.39 is 0 Å². The van der Waals surface area contributed by atoms with Crippen molar-refractivity contribution in [3.63, 3.8) is 0 Å². The van der Waals surface area contributed by atoms with Gasteiger partial charge in [-0.15, -0.1) is 0 Å². The quantitative estimate of drug-likeness (QED) is 0.775. The summed E-state index contributed by atoms with van der Waals surface area (Å²) in [5.74, 6) is -0.165. The molecule has 2 amide bonds. The van der Waals surface area contributed by atoms with Gasteiger partial charge in [-0.3, -0.25) is 0 Å². The highest BCUT2D eigenvalue weighted by molar-refractivity contribution is 5.76. The SMILES string of the molecule is O=C1NCCN1Cc1ccc2c(c1)N(C1CCN(CCc3ccc(F)cc3)CC1)CC2. The van der Waals surface area contributed by atoms with Gasteiger partial charge >= 0.3 is 6.03 Å². The van der Waals surface area contributed by atoms with Gasteiger partial charge in [0.05, 0.1) is 0 Å². The van der Waals surface area contributed by atoms with Crippen LogP contribution in [0.3, 0.4) is 0 Å². The molecule has 2 fully saturated rings. The summed E-state index contributed by atoms with van der Waals surface area (Å²) in [7, 11) is 0. The third kappa shape index (κ3) is 4.54. The second kappa shape index (κ2) is 8.87. The second-order valence-electron chi connectivity index (χ2n) is 9.01. The lowest BCUT2D eigenvalue weighted by Gasteiger charge is -2.38. The van der Waals surface area contributed by atoms with E-state index in [1.165, 1.54) is 35.2 Å². The molecule has 0 radical (unpaired) electrons. The number of amides is 2. The van der Waals surface area contributed by atoms with Crippen LogP contribution in [0.5, 0.6) is 0 Å². The van der Waals surface area contributed by atoms with Crippen LogP contribution in [0.1, 0.15) is 29.5 Å². The first-order valence-corrected chi connectivity index (χ1v) is 11.5. The van der Waals surface area contributed by atoms with Crippen LogP contribution in [0.15, 0.2) is 42.5 Å². The Bertz CT molecular complexity index is 924. The second-order valence-corrected chi connectivity index (χ2v) is 9.01. The number of nitrogens with one attached hydrogen (secondary N) is 1. The van der Waals surface area contributed by atoms with Crippen molar-refractivity contribution in [2.24, 2.45) is 0 Å². The predicted molar refractivity (Wildman–Crippen MR) is 121 cm³/mol. The Kier molecular flexibility index (Phi) is 5.81. The summed E-state index contributed by atoms with van der Waals surface area (Å²) in [6, 6.07) is 14.3. The summed E-state index contributed by atoms with van der Waals surface area (Å²) in [5, 5.41) is 2.89. The largest absolute Gasteiger partial charge is 0.368 e. The zero-order chi connectivity index (χ0) is 21.2. The number of urea groups is 1. The Hall–Kier alpha value is -2.60. The van der Waals surface area contributed by atoms with Gasteiger partial charge in [0.25, 0.3) is 0 Å². The third-order valence-electron chi connectivity index (χ3n) is 7.03. The summed E-state index contributed by atoms with van der Waals surface area (Å²) >= 11 is 0. The average molecular weight is 423 g/mol. The molecule has 3 aliphatic rings. The fourth-order valence-electron chi connectivity index (χ4n) is 5.20. The first-order chi connectivity index (χ1) is 15.2. The van der Waals surface area contributed by atoms with E-state index in [1.54, 1.807) is 12.1 Å². The third-order valence-corrected chi connectivity index (χ3v) is 7.03. The van der Waals surface area contributed by atoms with Gasteiger partial charge in [0, 0.05) is 57.5 Å². The lowest BCUT2D eigenvalue weighted by atomic mass is 10.0. The highest BCUT2D eigenvalue weighted by atomic mass is 19.1. The molecule has 0 aromatic heterocycles. The van der Waals surface area contributed by atoms with E-state index in [4.69, 9.17) is 0 Å². The molecule has 3 heterocycles. The van der Waals surface area contributed by atoms with Gasteiger partial charge in [-0.05, 0) is 60.6 Å². The number of anilines is 1. The van der Waals surface area contributed by atoms with Crippen molar-refractivity contribution in [2.75, 3.05) is 44.2 Å². The molecule has 3 aliphatic heterocycles. The number of hydrogen-bond donors (Lipinski definition) is 1. The minimum absolute atomic E-state index is 0.0466. The van der Waals surface area contributed by atoms with Crippen LogP contribution in [0.4, 0.5) is 14.9 Å². The molecule has 31 heavy (non-hydrogen) atoms. The van der Waals surface area contributed by atoms with Crippen LogP contribution in [0.25, 0.3) is 0 Å². The van der Waals surface area contributed by atoms with Crippen LogP contribution in [-0.4, -0.2) is 61.1 Å². The maximum atomic E-state index is 13.1. The zero-order valence-corrected chi connectivity index (χ0v) is 18.0. The van der Waals surface area contributed by atoms with Gasteiger partial charge in [0.1, 0.15) is 5.82 Å².